The maximum atomic E-state index is 14.4. The number of ether oxygens (including phenoxy) is 1. The van der Waals surface area contributed by atoms with Gasteiger partial charge in [0.2, 0.25) is 17.7 Å². The SMILES string of the molecule is Cc1ccsc1-c1ccc([C@H](C)NC(=O)[C@@H]2C[C@@H](O)CN2C(=O)[C@@H](NC(=O)c2cc3cc(O[C@H](C)CNC(=O)C[C@@H]4N=C(c5ccc(Cl)cc5)c5c(sc(C)c5C)-n5c(C)nnc54)ccc3o2)C(C)(C)C)cc1. The highest BCUT2D eigenvalue weighted by atomic mass is 35.5. The summed E-state index contributed by atoms with van der Waals surface area (Å²) in [4.78, 5) is 64.7. The molecule has 0 aliphatic carbocycles. The fraction of sp³-hybridized carbons (Fsp3) is 0.364. The summed E-state index contributed by atoms with van der Waals surface area (Å²) in [6.45, 7) is 17.5. The van der Waals surface area contributed by atoms with Gasteiger partial charge in [0, 0.05) is 44.3 Å². The summed E-state index contributed by atoms with van der Waals surface area (Å²) in [6.07, 6.45) is -1.29. The predicted molar refractivity (Wildman–Crippen MR) is 285 cm³/mol. The molecule has 15 nitrogen and oxygen atoms in total. The molecule has 6 heterocycles. The standard InChI is InChI=1S/C55H59ClN8O7S2/c1-28-20-21-72-48(28)36-12-10-34(11-13-36)31(4)58-51(67)42-24-39(65)27-63(42)53(69)49(55(7,8)9)60-52(68)44-23-37-22-40(18-19-43(37)71-44)70-29(2)26-57-45(66)25-41-50-62-61-33(6)64(50)54-46(30(3)32(5)73-54)47(59-41)35-14-16-38(56)17-15-35/h10-23,29,31,39,41-42,49,65H,24-27H2,1-9H3,(H,57,66)(H,58,67)(H,60,68)/t29-,31+,39-,41+,42+,49-/m1/s1. The van der Waals surface area contributed by atoms with Gasteiger partial charge >= 0.3 is 0 Å². The molecule has 0 spiro atoms. The Morgan fingerprint density at radius 3 is 2.36 bits per heavy atom. The molecule has 2 aliphatic heterocycles. The first kappa shape index (κ1) is 51.2. The van der Waals surface area contributed by atoms with Crippen LogP contribution in [0, 0.1) is 33.1 Å². The molecule has 0 bridgehead atoms. The number of rotatable bonds is 14. The van der Waals surface area contributed by atoms with Crippen LogP contribution in [0.15, 0.2) is 93.7 Å². The van der Waals surface area contributed by atoms with Crippen molar-refractivity contribution in [1.82, 2.24) is 35.6 Å². The number of likely N-dealkylation sites (tertiary alicyclic amines) is 1. The Bertz CT molecular complexity index is 3260. The van der Waals surface area contributed by atoms with Crippen molar-refractivity contribution in [1.29, 1.82) is 0 Å². The van der Waals surface area contributed by atoms with Gasteiger partial charge in [-0.05, 0) is 117 Å². The minimum Gasteiger partial charge on any atom is -0.489 e. The van der Waals surface area contributed by atoms with E-state index in [1.807, 2.05) is 94.6 Å². The summed E-state index contributed by atoms with van der Waals surface area (Å²) in [6, 6.07) is 21.4. The lowest BCUT2D eigenvalue weighted by atomic mass is 9.85. The van der Waals surface area contributed by atoms with Gasteiger partial charge in [-0.25, -0.2) is 0 Å². The van der Waals surface area contributed by atoms with Crippen molar-refractivity contribution in [3.8, 4) is 21.2 Å². The quantitative estimate of drug-likeness (QED) is 0.0821. The number of aliphatic imine (C=N–C) groups is 1. The second kappa shape index (κ2) is 20.7. The molecule has 4 aromatic heterocycles. The van der Waals surface area contributed by atoms with Crippen molar-refractivity contribution < 1.29 is 33.4 Å². The van der Waals surface area contributed by atoms with Crippen LogP contribution in [0.4, 0.5) is 0 Å². The number of aliphatic hydroxyl groups excluding tert-OH is 1. The van der Waals surface area contributed by atoms with Crippen molar-refractivity contribution in [2.24, 2.45) is 10.4 Å². The highest BCUT2D eigenvalue weighted by Crippen LogP contribution is 2.40. The fourth-order valence-corrected chi connectivity index (χ4v) is 11.7. The highest BCUT2D eigenvalue weighted by molar-refractivity contribution is 7.15. The van der Waals surface area contributed by atoms with E-state index in [4.69, 9.17) is 25.7 Å². The average Bonchev–Trinajstić information content (AvgIpc) is 4.19. The number of nitrogens with zero attached hydrogens (tertiary/aromatic N) is 5. The number of hydrogen-bond acceptors (Lipinski definition) is 12. The van der Waals surface area contributed by atoms with E-state index in [-0.39, 0.29) is 49.5 Å². The number of nitrogens with one attached hydrogen (secondary N) is 3. The van der Waals surface area contributed by atoms with Gasteiger partial charge in [-0.2, -0.15) is 0 Å². The van der Waals surface area contributed by atoms with Crippen molar-refractivity contribution in [2.45, 2.75) is 112 Å². The van der Waals surface area contributed by atoms with Gasteiger partial charge in [0.15, 0.2) is 11.6 Å². The molecule has 3 aromatic carbocycles. The van der Waals surface area contributed by atoms with Gasteiger partial charge in [-0.3, -0.25) is 28.7 Å². The van der Waals surface area contributed by atoms with E-state index < -0.39 is 47.6 Å². The third-order valence-corrected chi connectivity index (χ3v) is 16.0. The van der Waals surface area contributed by atoms with Crippen LogP contribution in [0.3, 0.4) is 0 Å². The van der Waals surface area contributed by atoms with E-state index in [0.29, 0.717) is 33.4 Å². The summed E-state index contributed by atoms with van der Waals surface area (Å²) >= 11 is 9.59. The number of aryl methyl sites for hydroxylation is 3. The molecular weight excluding hydrogens is 984 g/mol. The Morgan fingerprint density at radius 2 is 1.66 bits per heavy atom. The van der Waals surface area contributed by atoms with Crippen molar-refractivity contribution in [3.05, 3.63) is 139 Å². The van der Waals surface area contributed by atoms with Gasteiger partial charge in [-0.15, -0.1) is 32.9 Å². The number of aromatic nitrogens is 3. The molecule has 4 N–H and O–H groups in total. The lowest BCUT2D eigenvalue weighted by Gasteiger charge is -2.35. The zero-order chi connectivity index (χ0) is 52.0. The first-order chi connectivity index (χ1) is 34.7. The van der Waals surface area contributed by atoms with E-state index in [9.17, 15) is 24.3 Å². The summed E-state index contributed by atoms with van der Waals surface area (Å²) in [7, 11) is 0. The maximum Gasteiger partial charge on any atom is 0.287 e. The van der Waals surface area contributed by atoms with Crippen molar-refractivity contribution >= 4 is 74.6 Å². The molecule has 4 amide bonds. The number of halogens is 1. The molecule has 380 valence electrons. The van der Waals surface area contributed by atoms with Crippen LogP contribution < -0.4 is 20.7 Å². The third-order valence-electron chi connectivity index (χ3n) is 13.5. The zero-order valence-electron chi connectivity index (χ0n) is 42.2. The second-order valence-corrected chi connectivity index (χ2v) is 22.7. The number of fused-ring (bicyclic) bond motifs is 4. The first-order valence-corrected chi connectivity index (χ1v) is 26.4. The number of furan rings is 1. The summed E-state index contributed by atoms with van der Waals surface area (Å²) in [5.74, 6) is 0.0125. The lowest BCUT2D eigenvalue weighted by Crippen LogP contribution is -2.57. The van der Waals surface area contributed by atoms with E-state index >= 15 is 0 Å². The van der Waals surface area contributed by atoms with Crippen LogP contribution >= 0.6 is 34.3 Å². The molecule has 0 saturated carbocycles. The van der Waals surface area contributed by atoms with Crippen LogP contribution in [0.25, 0.3) is 26.4 Å². The Kier molecular flexibility index (Phi) is 14.5. The summed E-state index contributed by atoms with van der Waals surface area (Å²) in [5, 5.41) is 32.8. The minimum atomic E-state index is -1.07. The predicted octanol–water partition coefficient (Wildman–Crippen LogP) is 9.54. The average molecular weight is 1040 g/mol. The van der Waals surface area contributed by atoms with Crippen LogP contribution in [-0.2, 0) is 14.4 Å². The zero-order valence-corrected chi connectivity index (χ0v) is 44.6. The van der Waals surface area contributed by atoms with Gasteiger partial charge in [-0.1, -0.05) is 68.8 Å². The molecule has 0 unspecified atom stereocenters. The van der Waals surface area contributed by atoms with Crippen LogP contribution in [0.1, 0.15) is 114 Å². The Labute approximate surface area is 437 Å². The van der Waals surface area contributed by atoms with Crippen molar-refractivity contribution in [3.63, 3.8) is 0 Å². The molecule has 73 heavy (non-hydrogen) atoms. The lowest BCUT2D eigenvalue weighted by molar-refractivity contribution is -0.142. The van der Waals surface area contributed by atoms with Crippen molar-refractivity contribution in [2.75, 3.05) is 13.1 Å². The van der Waals surface area contributed by atoms with Crippen LogP contribution in [0.2, 0.25) is 5.02 Å². The number of aliphatic hydroxyl groups is 1. The number of carbonyl (C=O) groups excluding carboxylic acids is 4. The molecule has 6 atom stereocenters. The number of thiophene rings is 2. The number of β-amino-alcohol motifs (C(OH)–C–C–N with tert-alkyl or cyclic N) is 1. The minimum absolute atomic E-state index is 0.0177. The van der Waals surface area contributed by atoms with Crippen LogP contribution in [-0.4, -0.2) is 91.5 Å². The maximum absolute atomic E-state index is 14.4. The molecule has 0 radical (unpaired) electrons. The van der Waals surface area contributed by atoms with E-state index in [1.54, 1.807) is 46.9 Å². The Hall–Kier alpha value is -6.66. The highest BCUT2D eigenvalue weighted by Gasteiger charge is 2.45. The topological polar surface area (TPSA) is 193 Å². The summed E-state index contributed by atoms with van der Waals surface area (Å²) < 4.78 is 14.2. The normalized spacial score (nSPS) is 17.8. The molecule has 18 heteroatoms. The Balaban J connectivity index is 0.828. The number of hydrogen-bond donors (Lipinski definition) is 4. The van der Waals surface area contributed by atoms with Gasteiger partial charge in [0.05, 0.1) is 30.8 Å². The third kappa shape index (κ3) is 10.7. The molecule has 1 fully saturated rings. The molecular formula is C55H59ClN8O7S2. The number of carbonyl (C=O) groups is 4. The smallest absolute Gasteiger partial charge is 0.287 e. The van der Waals surface area contributed by atoms with E-state index in [1.165, 1.54) is 15.3 Å². The molecule has 7 aromatic rings. The van der Waals surface area contributed by atoms with Crippen LogP contribution in [0.5, 0.6) is 5.75 Å². The second-order valence-electron chi connectivity index (χ2n) is 20.1. The van der Waals surface area contributed by atoms with E-state index in [2.05, 4.69) is 58.4 Å². The van der Waals surface area contributed by atoms with Gasteiger partial charge < -0.3 is 35.1 Å². The molecule has 1 saturated heterocycles. The van der Waals surface area contributed by atoms with Gasteiger partial charge in [0.25, 0.3) is 5.91 Å². The summed E-state index contributed by atoms with van der Waals surface area (Å²) in [5.41, 5.74) is 6.56. The number of amides is 4. The first-order valence-electron chi connectivity index (χ1n) is 24.3. The Morgan fingerprint density at radius 1 is 0.932 bits per heavy atom. The fourth-order valence-electron chi connectivity index (χ4n) is 9.43. The van der Waals surface area contributed by atoms with Gasteiger partial charge in [0.1, 0.15) is 46.4 Å². The monoisotopic (exact) mass is 1040 g/mol. The molecule has 9 rings (SSSR count). The molecule has 2 aliphatic rings. The van der Waals surface area contributed by atoms with E-state index in [0.717, 1.165) is 43.4 Å². The number of benzene rings is 3. The largest absolute Gasteiger partial charge is 0.489 e.